The molecule has 0 bridgehead atoms. The molecule has 0 aromatic heterocycles. The molecule has 2 fully saturated rings. The Bertz CT molecular complexity index is 916. The van der Waals surface area contributed by atoms with Gasteiger partial charge in [-0.15, -0.1) is 0 Å². The molecule has 196 valence electrons. The van der Waals surface area contributed by atoms with Crippen molar-refractivity contribution < 1.29 is 40.6 Å². The van der Waals surface area contributed by atoms with Gasteiger partial charge in [-0.3, -0.25) is 0 Å². The largest absolute Gasteiger partial charge is 0.508 e. The van der Waals surface area contributed by atoms with Crippen molar-refractivity contribution in [1.82, 2.24) is 0 Å². The summed E-state index contributed by atoms with van der Waals surface area (Å²) in [5, 5.41) is 0. The first-order valence-corrected chi connectivity index (χ1v) is 12.2. The standard InChI is InChI=1S/C27H28F6O3/c28-26(29,30)21-9-1-17(2-10-21)19-5-13-23(14-6-19)35-25(34)36-24-15-7-20(8-16-24)18-3-11-22(12-4-18)27(31,32)33/h1-4,9-12,19-20,23-24H,5-8,13-16H2. The molecule has 0 radical (unpaired) electrons. The molecule has 0 aliphatic heterocycles. The molecule has 2 aromatic carbocycles. The summed E-state index contributed by atoms with van der Waals surface area (Å²) in [4.78, 5) is 12.3. The van der Waals surface area contributed by atoms with Gasteiger partial charge >= 0.3 is 18.5 Å². The maximum absolute atomic E-state index is 12.8. The third kappa shape index (κ3) is 6.73. The van der Waals surface area contributed by atoms with Crippen LogP contribution in [0.25, 0.3) is 0 Å². The van der Waals surface area contributed by atoms with Crippen LogP contribution in [-0.4, -0.2) is 18.4 Å². The Morgan fingerprint density at radius 3 is 1.14 bits per heavy atom. The molecule has 0 amide bonds. The SMILES string of the molecule is O=C(OC1CCC(c2ccc(C(F)(F)F)cc2)CC1)OC1CCC(c2ccc(C(F)(F)F)cc2)CC1. The normalized spacial score (nSPS) is 25.3. The number of carbonyl (C=O) groups excluding carboxylic acids is 1. The van der Waals surface area contributed by atoms with E-state index in [2.05, 4.69) is 0 Å². The Labute approximate surface area is 205 Å². The van der Waals surface area contributed by atoms with Crippen molar-refractivity contribution >= 4 is 6.16 Å². The Kier molecular flexibility index (Phi) is 7.85. The lowest BCUT2D eigenvalue weighted by Crippen LogP contribution is -2.28. The molecule has 0 unspecified atom stereocenters. The van der Waals surface area contributed by atoms with E-state index >= 15 is 0 Å². The van der Waals surface area contributed by atoms with Crippen molar-refractivity contribution in [2.45, 2.75) is 87.8 Å². The number of rotatable bonds is 4. The van der Waals surface area contributed by atoms with Crippen LogP contribution in [0.2, 0.25) is 0 Å². The fourth-order valence-electron chi connectivity index (χ4n) is 5.22. The summed E-state index contributed by atoms with van der Waals surface area (Å²) in [7, 11) is 0. The highest BCUT2D eigenvalue weighted by Crippen LogP contribution is 2.38. The van der Waals surface area contributed by atoms with E-state index in [9.17, 15) is 31.1 Å². The second kappa shape index (κ2) is 10.7. The first-order valence-electron chi connectivity index (χ1n) is 12.2. The van der Waals surface area contributed by atoms with Crippen molar-refractivity contribution in [3.8, 4) is 0 Å². The molecule has 0 spiro atoms. The third-order valence-corrected chi connectivity index (χ3v) is 7.29. The number of ether oxygens (including phenoxy) is 2. The van der Waals surface area contributed by atoms with E-state index in [0.717, 1.165) is 35.4 Å². The van der Waals surface area contributed by atoms with Crippen molar-refractivity contribution in [3.63, 3.8) is 0 Å². The van der Waals surface area contributed by atoms with E-state index in [4.69, 9.17) is 9.47 Å². The minimum absolute atomic E-state index is 0.128. The Morgan fingerprint density at radius 2 is 0.861 bits per heavy atom. The molecular weight excluding hydrogens is 486 g/mol. The predicted octanol–water partition coefficient (Wildman–Crippen LogP) is 8.63. The molecule has 3 nitrogen and oxygen atoms in total. The van der Waals surface area contributed by atoms with Crippen molar-refractivity contribution in [2.24, 2.45) is 0 Å². The van der Waals surface area contributed by atoms with Crippen molar-refractivity contribution in [3.05, 3.63) is 70.8 Å². The van der Waals surface area contributed by atoms with Crippen LogP contribution in [0, 0.1) is 0 Å². The summed E-state index contributed by atoms with van der Waals surface area (Å²) in [6.45, 7) is 0. The van der Waals surface area contributed by atoms with Gasteiger partial charge in [0.05, 0.1) is 11.1 Å². The van der Waals surface area contributed by atoms with Gasteiger partial charge in [-0.05, 0) is 98.6 Å². The zero-order valence-electron chi connectivity index (χ0n) is 19.6. The fraction of sp³-hybridized carbons (Fsp3) is 0.519. The van der Waals surface area contributed by atoms with Gasteiger partial charge in [-0.25, -0.2) is 4.79 Å². The summed E-state index contributed by atoms with van der Waals surface area (Å²) in [5.41, 5.74) is 0.376. The molecule has 36 heavy (non-hydrogen) atoms. The zero-order valence-corrected chi connectivity index (χ0v) is 19.6. The van der Waals surface area contributed by atoms with Gasteiger partial charge < -0.3 is 9.47 Å². The van der Waals surface area contributed by atoms with E-state index in [1.807, 2.05) is 0 Å². The first kappa shape index (κ1) is 26.4. The van der Waals surface area contributed by atoms with Crippen LogP contribution in [0.4, 0.5) is 31.1 Å². The van der Waals surface area contributed by atoms with Crippen LogP contribution < -0.4 is 0 Å². The minimum atomic E-state index is -4.36. The van der Waals surface area contributed by atoms with E-state index in [1.165, 1.54) is 24.3 Å². The molecule has 0 heterocycles. The van der Waals surface area contributed by atoms with Gasteiger partial charge in [0.15, 0.2) is 0 Å². The number of alkyl halides is 6. The van der Waals surface area contributed by atoms with Crippen LogP contribution in [0.15, 0.2) is 48.5 Å². The van der Waals surface area contributed by atoms with Gasteiger partial charge in [-0.1, -0.05) is 24.3 Å². The van der Waals surface area contributed by atoms with E-state index in [-0.39, 0.29) is 24.0 Å². The maximum Gasteiger partial charge on any atom is 0.508 e. The van der Waals surface area contributed by atoms with Crippen LogP contribution in [0.3, 0.4) is 0 Å². The lowest BCUT2D eigenvalue weighted by molar-refractivity contribution is -0.138. The number of halogens is 6. The second-order valence-electron chi connectivity index (χ2n) is 9.67. The quantitative estimate of drug-likeness (QED) is 0.303. The van der Waals surface area contributed by atoms with Gasteiger partial charge in [0.1, 0.15) is 12.2 Å². The van der Waals surface area contributed by atoms with Crippen molar-refractivity contribution in [1.29, 1.82) is 0 Å². The van der Waals surface area contributed by atoms with Crippen molar-refractivity contribution in [2.75, 3.05) is 0 Å². The lowest BCUT2D eigenvalue weighted by atomic mass is 9.82. The van der Waals surface area contributed by atoms with Crippen LogP contribution in [0.1, 0.15) is 85.5 Å². The minimum Gasteiger partial charge on any atom is -0.431 e. The molecule has 2 aromatic rings. The van der Waals surface area contributed by atoms with Crippen LogP contribution in [0.5, 0.6) is 0 Å². The van der Waals surface area contributed by atoms with Gasteiger partial charge in [0.2, 0.25) is 0 Å². The number of hydrogen-bond acceptors (Lipinski definition) is 3. The molecule has 2 saturated carbocycles. The summed E-state index contributed by atoms with van der Waals surface area (Å²) >= 11 is 0. The fourth-order valence-corrected chi connectivity index (χ4v) is 5.22. The Hall–Kier alpha value is -2.71. The number of carbonyl (C=O) groups is 1. The van der Waals surface area contributed by atoms with E-state index in [1.54, 1.807) is 0 Å². The molecule has 0 atom stereocenters. The molecule has 9 heteroatoms. The second-order valence-corrected chi connectivity index (χ2v) is 9.67. The molecule has 0 N–H and O–H groups in total. The number of benzene rings is 2. The summed E-state index contributed by atoms with van der Waals surface area (Å²) in [6.07, 6.45) is -4.71. The predicted molar refractivity (Wildman–Crippen MR) is 120 cm³/mol. The summed E-state index contributed by atoms with van der Waals surface area (Å²) < 4.78 is 87.5. The summed E-state index contributed by atoms with van der Waals surface area (Å²) in [6, 6.07) is 10.5. The average molecular weight is 515 g/mol. The molecule has 0 saturated heterocycles. The van der Waals surface area contributed by atoms with E-state index < -0.39 is 29.6 Å². The third-order valence-electron chi connectivity index (χ3n) is 7.29. The topological polar surface area (TPSA) is 35.5 Å². The average Bonchev–Trinajstić information content (AvgIpc) is 2.84. The molecule has 2 aliphatic carbocycles. The maximum atomic E-state index is 12.8. The zero-order chi connectivity index (χ0) is 25.9. The van der Waals surface area contributed by atoms with Crippen LogP contribution in [-0.2, 0) is 21.8 Å². The Morgan fingerprint density at radius 1 is 0.556 bits per heavy atom. The number of hydrogen-bond donors (Lipinski definition) is 0. The molecule has 4 rings (SSSR count). The summed E-state index contributed by atoms with van der Waals surface area (Å²) in [5.74, 6) is 0.257. The molecule has 2 aliphatic rings. The van der Waals surface area contributed by atoms with E-state index in [0.29, 0.717) is 51.4 Å². The first-order chi connectivity index (χ1) is 17.0. The van der Waals surface area contributed by atoms with Gasteiger partial charge in [0, 0.05) is 0 Å². The van der Waals surface area contributed by atoms with Gasteiger partial charge in [0.25, 0.3) is 0 Å². The van der Waals surface area contributed by atoms with Crippen LogP contribution >= 0.6 is 0 Å². The highest BCUT2D eigenvalue weighted by Gasteiger charge is 2.33. The van der Waals surface area contributed by atoms with Gasteiger partial charge in [-0.2, -0.15) is 26.3 Å². The smallest absolute Gasteiger partial charge is 0.431 e. The molecular formula is C27H28F6O3. The highest BCUT2D eigenvalue weighted by atomic mass is 19.4. The monoisotopic (exact) mass is 514 g/mol. The Balaban J connectivity index is 1.18. The lowest BCUT2D eigenvalue weighted by Gasteiger charge is -2.31. The highest BCUT2D eigenvalue weighted by molar-refractivity contribution is 5.60.